The highest BCUT2D eigenvalue weighted by atomic mass is 16.5. The molecule has 2 amide bonds. The zero-order valence-electron chi connectivity index (χ0n) is 17.9. The molecule has 0 heterocycles. The Balaban J connectivity index is 1.77. The molecule has 6 heteroatoms. The van der Waals surface area contributed by atoms with E-state index in [-0.39, 0.29) is 13.0 Å². The van der Waals surface area contributed by atoms with Crippen molar-refractivity contribution < 1.29 is 19.1 Å². The van der Waals surface area contributed by atoms with Crippen LogP contribution in [0.2, 0.25) is 0 Å². The van der Waals surface area contributed by atoms with E-state index in [9.17, 15) is 14.4 Å². The first-order valence-electron chi connectivity index (χ1n) is 10.3. The summed E-state index contributed by atoms with van der Waals surface area (Å²) in [5, 5.41) is 2.67. The average Bonchev–Trinajstić information content (AvgIpc) is 2.83. The van der Waals surface area contributed by atoms with Crippen LogP contribution in [0.3, 0.4) is 0 Å². The minimum atomic E-state index is -1.20. The van der Waals surface area contributed by atoms with Gasteiger partial charge in [0.2, 0.25) is 11.8 Å². The van der Waals surface area contributed by atoms with Crippen LogP contribution in [0.1, 0.15) is 30.0 Å². The number of benzene rings is 3. The molecule has 3 N–H and O–H groups in total. The molecule has 6 nitrogen and oxygen atoms in total. The Hall–Kier alpha value is -3.93. The fourth-order valence-corrected chi connectivity index (χ4v) is 3.46. The Bertz CT molecular complexity index is 1010. The number of amides is 2. The molecule has 0 saturated heterocycles. The van der Waals surface area contributed by atoms with Gasteiger partial charge in [0.15, 0.2) is 0 Å². The van der Waals surface area contributed by atoms with Gasteiger partial charge in [0.05, 0.1) is 11.8 Å². The van der Waals surface area contributed by atoms with E-state index in [2.05, 4.69) is 5.32 Å². The van der Waals surface area contributed by atoms with Gasteiger partial charge in [-0.1, -0.05) is 91.0 Å². The van der Waals surface area contributed by atoms with Crippen LogP contribution in [0, 0.1) is 0 Å². The van der Waals surface area contributed by atoms with Crippen molar-refractivity contribution in [1.82, 2.24) is 5.32 Å². The Kier molecular flexibility index (Phi) is 7.39. The van der Waals surface area contributed by atoms with Gasteiger partial charge < -0.3 is 15.8 Å². The molecule has 164 valence electrons. The Morgan fingerprint density at radius 2 is 1.31 bits per heavy atom. The van der Waals surface area contributed by atoms with Gasteiger partial charge in [-0.2, -0.15) is 0 Å². The Labute approximate surface area is 187 Å². The predicted octanol–water partition coefficient (Wildman–Crippen LogP) is 3.10. The van der Waals surface area contributed by atoms with Crippen molar-refractivity contribution in [2.24, 2.45) is 5.73 Å². The van der Waals surface area contributed by atoms with Gasteiger partial charge in [0, 0.05) is 0 Å². The number of carbonyl (C=O) groups excluding carboxylic acids is 3. The first kappa shape index (κ1) is 22.7. The first-order chi connectivity index (χ1) is 15.4. The van der Waals surface area contributed by atoms with Crippen LogP contribution >= 0.6 is 0 Å². The minimum absolute atomic E-state index is 0.0743. The van der Waals surface area contributed by atoms with Gasteiger partial charge in [-0.3, -0.25) is 14.4 Å². The van der Waals surface area contributed by atoms with Crippen LogP contribution in [0.15, 0.2) is 91.0 Å². The van der Waals surface area contributed by atoms with Gasteiger partial charge in [-0.05, 0) is 23.6 Å². The third-order valence-electron chi connectivity index (χ3n) is 5.42. The van der Waals surface area contributed by atoms with Crippen LogP contribution in [0.25, 0.3) is 0 Å². The largest absolute Gasteiger partial charge is 0.461 e. The third-order valence-corrected chi connectivity index (χ3v) is 5.42. The lowest BCUT2D eigenvalue weighted by molar-refractivity contribution is -0.147. The van der Waals surface area contributed by atoms with Crippen molar-refractivity contribution >= 4 is 17.8 Å². The third kappa shape index (κ3) is 5.40. The summed E-state index contributed by atoms with van der Waals surface area (Å²) in [6.45, 7) is 1.85. The normalized spacial score (nSPS) is 11.9. The average molecular weight is 431 g/mol. The van der Waals surface area contributed by atoms with Gasteiger partial charge in [0.25, 0.3) is 0 Å². The van der Waals surface area contributed by atoms with Crippen LogP contribution in [-0.2, 0) is 31.1 Å². The van der Waals surface area contributed by atoms with Crippen LogP contribution < -0.4 is 11.1 Å². The molecule has 32 heavy (non-hydrogen) atoms. The molecule has 0 aromatic heterocycles. The monoisotopic (exact) mass is 430 g/mol. The van der Waals surface area contributed by atoms with Gasteiger partial charge in [-0.25, -0.2) is 0 Å². The zero-order valence-corrected chi connectivity index (χ0v) is 17.9. The maximum atomic E-state index is 13.5. The molecule has 0 saturated carbocycles. The van der Waals surface area contributed by atoms with E-state index < -0.39 is 29.2 Å². The number of primary amides is 1. The molecule has 0 radical (unpaired) electrons. The molecule has 3 aromatic rings. The Morgan fingerprint density at radius 1 is 0.844 bits per heavy atom. The smallest absolute Gasteiger partial charge is 0.308 e. The number of nitrogens with two attached hydrogens (primary N) is 1. The van der Waals surface area contributed by atoms with Crippen LogP contribution in [0.5, 0.6) is 0 Å². The molecule has 0 aliphatic rings. The number of ether oxygens (including phenoxy) is 1. The van der Waals surface area contributed by atoms with Crippen molar-refractivity contribution in [2.75, 3.05) is 0 Å². The number of carbonyl (C=O) groups is 3. The topological polar surface area (TPSA) is 98.5 Å². The summed E-state index contributed by atoms with van der Waals surface area (Å²) in [5.74, 6) is -1.87. The fourth-order valence-electron chi connectivity index (χ4n) is 3.46. The highest BCUT2D eigenvalue weighted by molar-refractivity contribution is 5.96. The van der Waals surface area contributed by atoms with Crippen molar-refractivity contribution in [3.63, 3.8) is 0 Å². The van der Waals surface area contributed by atoms with Crippen molar-refractivity contribution in [3.05, 3.63) is 108 Å². The van der Waals surface area contributed by atoms with Gasteiger partial charge >= 0.3 is 5.97 Å². The molecule has 3 aromatic carbocycles. The summed E-state index contributed by atoms with van der Waals surface area (Å²) in [6.07, 6.45) is -0.354. The number of rotatable bonds is 9. The van der Waals surface area contributed by atoms with E-state index in [1.54, 1.807) is 6.92 Å². The highest BCUT2D eigenvalue weighted by Gasteiger charge is 2.39. The summed E-state index contributed by atoms with van der Waals surface area (Å²) < 4.78 is 5.25. The summed E-state index contributed by atoms with van der Waals surface area (Å²) in [7, 11) is 0. The summed E-state index contributed by atoms with van der Waals surface area (Å²) in [4.78, 5) is 37.8. The van der Waals surface area contributed by atoms with E-state index in [1.807, 2.05) is 91.0 Å². The minimum Gasteiger partial charge on any atom is -0.461 e. The molecule has 0 unspecified atom stereocenters. The first-order valence-corrected chi connectivity index (χ1v) is 10.3. The molecule has 0 spiro atoms. The second kappa shape index (κ2) is 10.4. The lowest BCUT2D eigenvalue weighted by Crippen LogP contribution is -2.52. The maximum Gasteiger partial charge on any atom is 0.308 e. The summed E-state index contributed by atoms with van der Waals surface area (Å²) >= 11 is 0. The Morgan fingerprint density at radius 3 is 1.78 bits per heavy atom. The van der Waals surface area contributed by atoms with Gasteiger partial charge in [0.1, 0.15) is 12.6 Å². The van der Waals surface area contributed by atoms with Crippen LogP contribution in [0.4, 0.5) is 0 Å². The van der Waals surface area contributed by atoms with Crippen LogP contribution in [-0.4, -0.2) is 23.8 Å². The van der Waals surface area contributed by atoms with Crippen molar-refractivity contribution in [3.8, 4) is 0 Å². The molecular weight excluding hydrogens is 404 g/mol. The molecule has 0 fully saturated rings. The van der Waals surface area contributed by atoms with E-state index in [4.69, 9.17) is 10.5 Å². The van der Waals surface area contributed by atoms with E-state index in [1.165, 1.54) is 0 Å². The zero-order chi connectivity index (χ0) is 23.0. The summed E-state index contributed by atoms with van der Waals surface area (Å²) in [6, 6.07) is 26.5. The van der Waals surface area contributed by atoms with Gasteiger partial charge in [-0.15, -0.1) is 0 Å². The SMILES string of the molecule is CC(C(=O)N[C@H](CC(=O)OCc1ccccc1)C(N)=O)(c1ccccc1)c1ccccc1. The standard InChI is InChI=1S/C26H26N2O4/c1-26(20-13-7-3-8-14-20,21-15-9-4-10-16-21)25(31)28-22(24(27)30)17-23(29)32-18-19-11-5-2-6-12-19/h2-16,22H,17-18H2,1H3,(H2,27,30)(H,28,31)/t22-/m1/s1. The number of esters is 1. The number of nitrogens with one attached hydrogen (secondary N) is 1. The molecule has 1 atom stereocenters. The molecule has 0 aliphatic carbocycles. The summed E-state index contributed by atoms with van der Waals surface area (Å²) in [5.41, 5.74) is 6.72. The molecular formula is C26H26N2O4. The fraction of sp³-hybridized carbons (Fsp3) is 0.192. The lowest BCUT2D eigenvalue weighted by atomic mass is 9.75. The van der Waals surface area contributed by atoms with E-state index >= 15 is 0 Å². The molecule has 0 aliphatic heterocycles. The quantitative estimate of drug-likeness (QED) is 0.510. The second-order valence-electron chi connectivity index (χ2n) is 7.64. The maximum absolute atomic E-state index is 13.5. The van der Waals surface area contributed by atoms with E-state index in [0.29, 0.717) is 0 Å². The highest BCUT2D eigenvalue weighted by Crippen LogP contribution is 2.32. The predicted molar refractivity (Wildman–Crippen MR) is 121 cm³/mol. The van der Waals surface area contributed by atoms with E-state index in [0.717, 1.165) is 16.7 Å². The lowest BCUT2D eigenvalue weighted by Gasteiger charge is -2.31. The van der Waals surface area contributed by atoms with Crippen molar-refractivity contribution in [1.29, 1.82) is 0 Å². The number of hydrogen-bond donors (Lipinski definition) is 2. The van der Waals surface area contributed by atoms with Crippen molar-refractivity contribution in [2.45, 2.75) is 31.4 Å². The second-order valence-corrected chi connectivity index (χ2v) is 7.64. The molecule has 3 rings (SSSR count). The number of hydrogen-bond acceptors (Lipinski definition) is 4. The molecule has 0 bridgehead atoms.